The highest BCUT2D eigenvalue weighted by Gasteiger charge is 2.37. The average Bonchev–Trinajstić information content (AvgIpc) is 2.94. The van der Waals surface area contributed by atoms with E-state index < -0.39 is 42.3 Å². The molecular weight excluding hydrogens is 528 g/mol. The van der Waals surface area contributed by atoms with Crippen molar-refractivity contribution in [1.82, 2.24) is 10.2 Å². The number of nitrogens with zero attached hydrogens (tertiary/aromatic N) is 1. The second kappa shape index (κ2) is 13.3. The third-order valence-corrected chi connectivity index (χ3v) is 6.04. The number of esters is 1. The number of amides is 4. The first-order valence-electron chi connectivity index (χ1n) is 13.5. The van der Waals surface area contributed by atoms with Crippen LogP contribution < -0.4 is 20.7 Å². The van der Waals surface area contributed by atoms with Crippen LogP contribution in [0.4, 0.5) is 11.4 Å². The molecule has 1 heterocycles. The number of fused-ring (bicyclic) bond motifs is 1. The SMILES string of the molecule is CCOC(=O)C[C@H](C)NC(=O)CN1C(=O)c2cc(NC(C)=O)ccc2NC(=O)[C@@H]1Cc1ccc(OC(C)(C)C)cc1. The fraction of sp³-hybridized carbons (Fsp3) is 0.433. The van der Waals surface area contributed by atoms with E-state index in [-0.39, 0.29) is 42.2 Å². The molecule has 11 nitrogen and oxygen atoms in total. The Hall–Kier alpha value is -4.41. The van der Waals surface area contributed by atoms with Crippen molar-refractivity contribution in [2.45, 2.75) is 72.1 Å². The quantitative estimate of drug-likeness (QED) is 0.375. The Bertz CT molecular complexity index is 1300. The van der Waals surface area contributed by atoms with Gasteiger partial charge in [-0.05, 0) is 70.5 Å². The van der Waals surface area contributed by atoms with E-state index in [2.05, 4.69) is 16.0 Å². The first-order chi connectivity index (χ1) is 19.3. The second-order valence-corrected chi connectivity index (χ2v) is 10.9. The van der Waals surface area contributed by atoms with Crippen molar-refractivity contribution in [1.29, 1.82) is 0 Å². The number of hydrogen-bond donors (Lipinski definition) is 3. The molecule has 2 atom stereocenters. The van der Waals surface area contributed by atoms with Gasteiger partial charge in [-0.2, -0.15) is 0 Å². The number of anilines is 2. The summed E-state index contributed by atoms with van der Waals surface area (Å²) in [4.78, 5) is 65.1. The topological polar surface area (TPSA) is 143 Å². The van der Waals surface area contributed by atoms with E-state index >= 15 is 0 Å². The van der Waals surface area contributed by atoms with E-state index in [1.54, 1.807) is 32.0 Å². The molecule has 0 unspecified atom stereocenters. The van der Waals surface area contributed by atoms with Crippen LogP contribution >= 0.6 is 0 Å². The molecule has 3 N–H and O–H groups in total. The van der Waals surface area contributed by atoms with Crippen molar-refractivity contribution in [3.05, 3.63) is 53.6 Å². The lowest BCUT2D eigenvalue weighted by Gasteiger charge is -2.29. The fourth-order valence-corrected chi connectivity index (χ4v) is 4.42. The maximum Gasteiger partial charge on any atom is 0.307 e. The van der Waals surface area contributed by atoms with Crippen LogP contribution in [0.3, 0.4) is 0 Å². The number of carbonyl (C=O) groups excluding carboxylic acids is 5. The lowest BCUT2D eigenvalue weighted by atomic mass is 10.0. The third-order valence-electron chi connectivity index (χ3n) is 6.04. The maximum absolute atomic E-state index is 13.9. The Morgan fingerprint density at radius 1 is 1.07 bits per heavy atom. The summed E-state index contributed by atoms with van der Waals surface area (Å²) < 4.78 is 10.8. The molecule has 1 aliphatic rings. The predicted octanol–water partition coefficient (Wildman–Crippen LogP) is 3.29. The Kier molecular flexibility index (Phi) is 10.1. The van der Waals surface area contributed by atoms with Crippen LogP contribution in [0, 0.1) is 0 Å². The lowest BCUT2D eigenvalue weighted by Crippen LogP contribution is -2.51. The highest BCUT2D eigenvalue weighted by Crippen LogP contribution is 2.28. The molecule has 0 aliphatic carbocycles. The van der Waals surface area contributed by atoms with Crippen molar-refractivity contribution in [2.24, 2.45) is 0 Å². The summed E-state index contributed by atoms with van der Waals surface area (Å²) in [5.74, 6) is -1.68. The summed E-state index contributed by atoms with van der Waals surface area (Å²) in [7, 11) is 0. The molecule has 11 heteroatoms. The minimum absolute atomic E-state index is 0.0384. The van der Waals surface area contributed by atoms with Gasteiger partial charge in [0, 0.05) is 25.1 Å². The van der Waals surface area contributed by atoms with Crippen LogP contribution in [0.5, 0.6) is 5.75 Å². The van der Waals surface area contributed by atoms with Crippen molar-refractivity contribution < 1.29 is 33.4 Å². The first kappa shape index (κ1) is 31.1. The minimum Gasteiger partial charge on any atom is -0.488 e. The Labute approximate surface area is 239 Å². The average molecular weight is 567 g/mol. The van der Waals surface area contributed by atoms with E-state index in [1.165, 1.54) is 24.0 Å². The molecule has 41 heavy (non-hydrogen) atoms. The van der Waals surface area contributed by atoms with Crippen LogP contribution in [-0.2, 0) is 30.3 Å². The van der Waals surface area contributed by atoms with Crippen molar-refractivity contribution >= 4 is 41.0 Å². The Morgan fingerprint density at radius 2 is 1.76 bits per heavy atom. The van der Waals surface area contributed by atoms with E-state index in [0.717, 1.165) is 5.56 Å². The summed E-state index contributed by atoms with van der Waals surface area (Å²) in [5, 5.41) is 8.14. The summed E-state index contributed by atoms with van der Waals surface area (Å²) in [6.45, 7) is 10.3. The molecule has 220 valence electrons. The van der Waals surface area contributed by atoms with Gasteiger partial charge in [-0.25, -0.2) is 0 Å². The monoisotopic (exact) mass is 566 g/mol. The summed E-state index contributed by atoms with van der Waals surface area (Å²) in [5.41, 5.74) is 1.15. The van der Waals surface area contributed by atoms with Gasteiger partial charge in [-0.3, -0.25) is 24.0 Å². The molecule has 0 radical (unpaired) electrons. The molecule has 0 fully saturated rings. The molecule has 2 aromatic rings. The second-order valence-electron chi connectivity index (χ2n) is 10.9. The Balaban J connectivity index is 1.90. The Morgan fingerprint density at radius 3 is 2.37 bits per heavy atom. The molecule has 3 rings (SSSR count). The highest BCUT2D eigenvalue weighted by atomic mass is 16.5. The smallest absolute Gasteiger partial charge is 0.307 e. The van der Waals surface area contributed by atoms with Crippen LogP contribution in [0.2, 0.25) is 0 Å². The molecule has 1 aliphatic heterocycles. The van der Waals surface area contributed by atoms with Crippen LogP contribution in [0.25, 0.3) is 0 Å². The van der Waals surface area contributed by atoms with Gasteiger partial charge in [-0.1, -0.05) is 12.1 Å². The van der Waals surface area contributed by atoms with Gasteiger partial charge in [-0.15, -0.1) is 0 Å². The number of carbonyl (C=O) groups is 5. The molecule has 0 spiro atoms. The van der Waals surface area contributed by atoms with Crippen molar-refractivity contribution in [3.63, 3.8) is 0 Å². The van der Waals surface area contributed by atoms with E-state index in [4.69, 9.17) is 9.47 Å². The molecule has 2 aromatic carbocycles. The molecule has 0 saturated heterocycles. The standard InChI is InChI=1S/C30H38N4O7/c1-7-40-27(37)14-18(2)31-26(36)17-34-25(15-20-8-11-22(12-9-20)41-30(4,5)6)28(38)33-24-13-10-21(32-19(3)35)16-23(24)29(34)39/h8-13,16,18,25H,7,14-15,17H2,1-6H3,(H,31,36)(H,32,35)(H,33,38)/t18-,25-/m0/s1. The highest BCUT2D eigenvalue weighted by molar-refractivity contribution is 6.11. The van der Waals surface area contributed by atoms with Gasteiger partial charge in [0.2, 0.25) is 17.7 Å². The van der Waals surface area contributed by atoms with Gasteiger partial charge in [0.1, 0.15) is 23.9 Å². The zero-order chi connectivity index (χ0) is 30.3. The number of nitrogens with one attached hydrogen (secondary N) is 3. The summed E-state index contributed by atoms with van der Waals surface area (Å²) in [6.07, 6.45) is 0.0922. The van der Waals surface area contributed by atoms with Crippen molar-refractivity contribution in [2.75, 3.05) is 23.8 Å². The molecule has 0 bridgehead atoms. The van der Waals surface area contributed by atoms with Gasteiger partial charge in [0.25, 0.3) is 5.91 Å². The van der Waals surface area contributed by atoms with Gasteiger partial charge >= 0.3 is 5.97 Å². The molecule has 4 amide bonds. The zero-order valence-corrected chi connectivity index (χ0v) is 24.3. The maximum atomic E-state index is 13.9. The summed E-state index contributed by atoms with van der Waals surface area (Å²) >= 11 is 0. The molecular formula is C30H38N4O7. The number of ether oxygens (including phenoxy) is 2. The van der Waals surface area contributed by atoms with Gasteiger partial charge in [0.05, 0.1) is 24.3 Å². The largest absolute Gasteiger partial charge is 0.488 e. The van der Waals surface area contributed by atoms with Crippen LogP contribution in [0.1, 0.15) is 63.9 Å². The van der Waals surface area contributed by atoms with E-state index in [9.17, 15) is 24.0 Å². The van der Waals surface area contributed by atoms with Crippen LogP contribution in [-0.4, -0.2) is 65.3 Å². The third kappa shape index (κ3) is 9.06. The molecule has 0 saturated carbocycles. The number of benzene rings is 2. The van der Waals surface area contributed by atoms with E-state index in [0.29, 0.717) is 11.4 Å². The fourth-order valence-electron chi connectivity index (χ4n) is 4.42. The zero-order valence-electron chi connectivity index (χ0n) is 24.3. The molecule has 0 aromatic heterocycles. The predicted molar refractivity (Wildman–Crippen MR) is 154 cm³/mol. The van der Waals surface area contributed by atoms with E-state index in [1.807, 2.05) is 32.9 Å². The van der Waals surface area contributed by atoms with Gasteiger partial charge < -0.3 is 30.3 Å². The first-order valence-corrected chi connectivity index (χ1v) is 13.5. The van der Waals surface area contributed by atoms with Crippen molar-refractivity contribution in [3.8, 4) is 5.75 Å². The summed E-state index contributed by atoms with van der Waals surface area (Å²) in [6, 6.07) is 10.2. The number of hydrogen-bond acceptors (Lipinski definition) is 7. The lowest BCUT2D eigenvalue weighted by molar-refractivity contribution is -0.143. The van der Waals surface area contributed by atoms with Gasteiger partial charge in [0.15, 0.2) is 0 Å². The normalized spacial score (nSPS) is 15.7. The minimum atomic E-state index is -1.03. The van der Waals surface area contributed by atoms with Crippen LogP contribution in [0.15, 0.2) is 42.5 Å². The number of rotatable bonds is 10.